The summed E-state index contributed by atoms with van der Waals surface area (Å²) in [6, 6.07) is 2.32. The predicted octanol–water partition coefficient (Wildman–Crippen LogP) is 3.54. The van der Waals surface area contributed by atoms with Crippen molar-refractivity contribution in [1.29, 1.82) is 0 Å². The molecule has 0 aliphatic carbocycles. The van der Waals surface area contributed by atoms with Crippen LogP contribution in [-0.4, -0.2) is 28.5 Å². The smallest absolute Gasteiger partial charge is 0.0886 e. The van der Waals surface area contributed by atoms with Crippen LogP contribution in [0.4, 0.5) is 0 Å². The highest BCUT2D eigenvalue weighted by Crippen LogP contribution is 2.35. The molecule has 1 aromatic rings. The highest BCUT2D eigenvalue weighted by molar-refractivity contribution is 5.13. The molecule has 1 heterocycles. The highest BCUT2D eigenvalue weighted by Gasteiger charge is 2.38. The first-order valence-corrected chi connectivity index (χ1v) is 8.08. The zero-order valence-corrected chi connectivity index (χ0v) is 13.8. The summed E-state index contributed by atoms with van der Waals surface area (Å²) in [6.45, 7) is 13.5. The fraction of sp³-hybridized carbons (Fsp3) is 0.812. The van der Waals surface area contributed by atoms with Crippen LogP contribution in [0, 0.1) is 0 Å². The van der Waals surface area contributed by atoms with Crippen LogP contribution in [0.5, 0.6) is 0 Å². The minimum Gasteiger partial charge on any atom is -0.373 e. The maximum absolute atomic E-state index is 6.20. The average Bonchev–Trinajstić information content (AvgIpc) is 2.91. The Labute approximate surface area is 123 Å². The zero-order chi connectivity index (χ0) is 15.0. The molecule has 20 heavy (non-hydrogen) atoms. The fourth-order valence-electron chi connectivity index (χ4n) is 2.98. The van der Waals surface area contributed by atoms with Gasteiger partial charge in [-0.15, -0.1) is 0 Å². The largest absolute Gasteiger partial charge is 0.373 e. The second-order valence-corrected chi connectivity index (χ2v) is 5.17. The van der Waals surface area contributed by atoms with Crippen molar-refractivity contribution >= 4 is 0 Å². The summed E-state index contributed by atoms with van der Waals surface area (Å²) in [4.78, 5) is 0. The van der Waals surface area contributed by atoms with E-state index in [4.69, 9.17) is 4.74 Å². The van der Waals surface area contributed by atoms with Crippen molar-refractivity contribution in [2.75, 3.05) is 13.2 Å². The van der Waals surface area contributed by atoms with E-state index < -0.39 is 0 Å². The molecule has 0 bridgehead atoms. The first-order valence-electron chi connectivity index (χ1n) is 8.08. The molecule has 4 nitrogen and oxygen atoms in total. The Morgan fingerprint density at radius 1 is 1.25 bits per heavy atom. The minimum absolute atomic E-state index is 0.156. The van der Waals surface area contributed by atoms with Crippen molar-refractivity contribution in [1.82, 2.24) is 15.1 Å². The molecule has 0 fully saturated rings. The number of ether oxygens (including phenoxy) is 1. The molecule has 0 aromatic carbocycles. The maximum atomic E-state index is 6.20. The van der Waals surface area contributed by atoms with Crippen LogP contribution < -0.4 is 5.32 Å². The Morgan fingerprint density at radius 2 is 1.95 bits per heavy atom. The first-order chi connectivity index (χ1) is 9.68. The molecular weight excluding hydrogens is 250 g/mol. The lowest BCUT2D eigenvalue weighted by Crippen LogP contribution is -2.46. The van der Waals surface area contributed by atoms with Crippen molar-refractivity contribution in [2.24, 2.45) is 0 Å². The number of hydrogen-bond donors (Lipinski definition) is 1. The molecule has 0 aliphatic heterocycles. The molecule has 0 saturated carbocycles. The number of hydrogen-bond acceptors (Lipinski definition) is 3. The van der Waals surface area contributed by atoms with Crippen molar-refractivity contribution in [3.8, 4) is 0 Å². The molecule has 1 aromatic heterocycles. The van der Waals surface area contributed by atoms with Gasteiger partial charge in [-0.2, -0.15) is 5.10 Å². The van der Waals surface area contributed by atoms with Crippen LogP contribution in [-0.2, 0) is 11.3 Å². The average molecular weight is 281 g/mol. The minimum atomic E-state index is -0.156. The molecule has 1 rings (SSSR count). The van der Waals surface area contributed by atoms with Gasteiger partial charge in [0.1, 0.15) is 0 Å². The molecule has 116 valence electrons. The van der Waals surface area contributed by atoms with Gasteiger partial charge in [0, 0.05) is 19.3 Å². The van der Waals surface area contributed by atoms with Gasteiger partial charge in [-0.05, 0) is 38.8 Å². The lowest BCUT2D eigenvalue weighted by atomic mass is 9.85. The van der Waals surface area contributed by atoms with Crippen LogP contribution >= 0.6 is 0 Å². The Bertz CT molecular complexity index is 372. The number of nitrogens with zero attached hydrogens (tertiary/aromatic N) is 2. The SMILES string of the molecule is CCCn1nccc1C(NCC)C(CC)(CC)OCC. The van der Waals surface area contributed by atoms with Crippen molar-refractivity contribution in [3.63, 3.8) is 0 Å². The molecule has 1 unspecified atom stereocenters. The Morgan fingerprint density at radius 3 is 2.45 bits per heavy atom. The molecule has 1 N–H and O–H groups in total. The Kier molecular flexibility index (Phi) is 7.24. The van der Waals surface area contributed by atoms with Crippen LogP contribution in [0.25, 0.3) is 0 Å². The molecular formula is C16H31N3O. The van der Waals surface area contributed by atoms with E-state index in [-0.39, 0.29) is 11.6 Å². The summed E-state index contributed by atoms with van der Waals surface area (Å²) in [5.41, 5.74) is 1.09. The number of nitrogens with one attached hydrogen (secondary N) is 1. The molecule has 4 heteroatoms. The highest BCUT2D eigenvalue weighted by atomic mass is 16.5. The lowest BCUT2D eigenvalue weighted by Gasteiger charge is -2.40. The first kappa shape index (κ1) is 17.2. The molecule has 0 spiro atoms. The lowest BCUT2D eigenvalue weighted by molar-refractivity contribution is -0.0748. The van der Waals surface area contributed by atoms with Gasteiger partial charge in [0.15, 0.2) is 0 Å². The number of rotatable bonds is 10. The van der Waals surface area contributed by atoms with Gasteiger partial charge in [0.2, 0.25) is 0 Å². The number of likely N-dealkylation sites (N-methyl/N-ethyl adjacent to an activating group) is 1. The second-order valence-electron chi connectivity index (χ2n) is 5.17. The Balaban J connectivity index is 3.16. The third kappa shape index (κ3) is 3.61. The maximum Gasteiger partial charge on any atom is 0.0886 e. The summed E-state index contributed by atoms with van der Waals surface area (Å²) < 4.78 is 8.31. The third-order valence-electron chi connectivity index (χ3n) is 4.04. The zero-order valence-electron chi connectivity index (χ0n) is 13.8. The third-order valence-corrected chi connectivity index (χ3v) is 4.04. The van der Waals surface area contributed by atoms with E-state index in [0.29, 0.717) is 0 Å². The fourth-order valence-corrected chi connectivity index (χ4v) is 2.98. The summed E-state index contributed by atoms with van der Waals surface area (Å²) in [7, 11) is 0. The van der Waals surface area contributed by atoms with Crippen LogP contribution in [0.1, 0.15) is 65.6 Å². The molecule has 0 saturated heterocycles. The van der Waals surface area contributed by atoms with Gasteiger partial charge >= 0.3 is 0 Å². The van der Waals surface area contributed by atoms with E-state index in [9.17, 15) is 0 Å². The quantitative estimate of drug-likeness (QED) is 0.713. The van der Waals surface area contributed by atoms with E-state index in [1.165, 1.54) is 5.69 Å². The second kappa shape index (κ2) is 8.42. The summed E-state index contributed by atoms with van der Waals surface area (Å²) >= 11 is 0. The van der Waals surface area contributed by atoms with Gasteiger partial charge in [-0.1, -0.05) is 27.7 Å². The summed E-state index contributed by atoms with van der Waals surface area (Å²) in [5, 5.41) is 8.10. The van der Waals surface area contributed by atoms with E-state index in [1.54, 1.807) is 0 Å². The summed E-state index contributed by atoms with van der Waals surface area (Å²) in [5.74, 6) is 0. The van der Waals surface area contributed by atoms with Gasteiger partial charge in [-0.25, -0.2) is 0 Å². The standard InChI is InChI=1S/C16H31N3O/c1-6-13-19-14(11-12-18-19)15(17-9-4)16(7-2,8-3)20-10-5/h11-12,15,17H,6-10,13H2,1-5H3. The normalized spacial score (nSPS) is 13.7. The number of aryl methyl sites for hydroxylation is 1. The van der Waals surface area contributed by atoms with Gasteiger partial charge in [0.05, 0.1) is 17.3 Å². The van der Waals surface area contributed by atoms with Crippen molar-refractivity contribution in [3.05, 3.63) is 18.0 Å². The monoisotopic (exact) mass is 281 g/mol. The van der Waals surface area contributed by atoms with Crippen LogP contribution in [0.2, 0.25) is 0 Å². The van der Waals surface area contributed by atoms with E-state index >= 15 is 0 Å². The van der Waals surface area contributed by atoms with Gasteiger partial charge in [-0.3, -0.25) is 4.68 Å². The van der Waals surface area contributed by atoms with E-state index in [1.807, 2.05) is 6.20 Å². The topological polar surface area (TPSA) is 39.1 Å². The van der Waals surface area contributed by atoms with Gasteiger partial charge in [0.25, 0.3) is 0 Å². The Hall–Kier alpha value is -0.870. The van der Waals surface area contributed by atoms with Gasteiger partial charge < -0.3 is 10.1 Å². The molecule has 0 aliphatic rings. The molecule has 1 atom stereocenters. The van der Waals surface area contributed by atoms with Crippen LogP contribution in [0.15, 0.2) is 12.3 Å². The predicted molar refractivity (Wildman–Crippen MR) is 83.9 cm³/mol. The van der Waals surface area contributed by atoms with E-state index in [2.05, 4.69) is 55.8 Å². The molecule has 0 radical (unpaired) electrons. The number of aromatic nitrogens is 2. The molecule has 0 amide bonds. The van der Waals surface area contributed by atoms with Crippen molar-refractivity contribution < 1.29 is 4.74 Å². The van der Waals surface area contributed by atoms with Crippen molar-refractivity contribution in [2.45, 2.75) is 72.1 Å². The van der Waals surface area contributed by atoms with E-state index in [0.717, 1.165) is 39.0 Å². The summed E-state index contributed by atoms with van der Waals surface area (Å²) in [6.07, 6.45) is 4.98. The van der Waals surface area contributed by atoms with Crippen LogP contribution in [0.3, 0.4) is 0 Å².